The van der Waals surface area contributed by atoms with Crippen LogP contribution >= 0.6 is 0 Å². The predicted molar refractivity (Wildman–Crippen MR) is 56.3 cm³/mol. The summed E-state index contributed by atoms with van der Waals surface area (Å²) in [6.07, 6.45) is 4.97. The highest BCUT2D eigenvalue weighted by atomic mass is 16.4. The molecule has 0 aromatic rings. The number of carboxylic acids is 1. The first-order valence-corrected chi connectivity index (χ1v) is 5.58. The lowest BCUT2D eigenvalue weighted by Gasteiger charge is -2.26. The number of nitrogens with zero attached hydrogens (tertiary/aromatic N) is 1. The quantitative estimate of drug-likeness (QED) is 0.755. The maximum Gasteiger partial charge on any atom is 0.306 e. The Morgan fingerprint density at radius 1 is 1.57 bits per heavy atom. The smallest absolute Gasteiger partial charge is 0.306 e. The number of hydrogen-bond acceptors (Lipinski definition) is 2. The fourth-order valence-electron chi connectivity index (χ4n) is 2.29. The lowest BCUT2D eigenvalue weighted by Crippen LogP contribution is -2.32. The van der Waals surface area contributed by atoms with Crippen LogP contribution in [-0.2, 0) is 4.79 Å². The molecule has 0 radical (unpaired) electrons. The number of likely N-dealkylation sites (tertiary alicyclic amines) is 1. The Kier molecular flexibility index (Phi) is 4.39. The van der Waals surface area contributed by atoms with E-state index in [2.05, 4.69) is 18.9 Å². The summed E-state index contributed by atoms with van der Waals surface area (Å²) in [7, 11) is 2.12. The standard InChI is InChI=1S/C11H21NO2/c1-3-5-10-8-9(11(13)14)6-4-7-12(10)2/h9-10H,3-8H2,1-2H3,(H,13,14). The van der Waals surface area contributed by atoms with E-state index < -0.39 is 5.97 Å². The summed E-state index contributed by atoms with van der Waals surface area (Å²) in [6.45, 7) is 3.21. The van der Waals surface area contributed by atoms with Crippen LogP contribution in [0.3, 0.4) is 0 Å². The molecule has 1 aliphatic rings. The second-order valence-electron chi connectivity index (χ2n) is 4.34. The molecule has 1 fully saturated rings. The van der Waals surface area contributed by atoms with Crippen molar-refractivity contribution in [1.29, 1.82) is 0 Å². The molecule has 2 atom stereocenters. The van der Waals surface area contributed by atoms with Crippen molar-refractivity contribution in [2.24, 2.45) is 5.92 Å². The molecule has 82 valence electrons. The van der Waals surface area contributed by atoms with Crippen molar-refractivity contribution in [1.82, 2.24) is 4.90 Å². The molecule has 14 heavy (non-hydrogen) atoms. The minimum atomic E-state index is -0.610. The third kappa shape index (κ3) is 2.98. The minimum Gasteiger partial charge on any atom is -0.481 e. The van der Waals surface area contributed by atoms with E-state index in [9.17, 15) is 4.79 Å². The van der Waals surface area contributed by atoms with Gasteiger partial charge < -0.3 is 10.0 Å². The first kappa shape index (κ1) is 11.5. The van der Waals surface area contributed by atoms with Gasteiger partial charge in [-0.3, -0.25) is 4.79 Å². The average Bonchev–Trinajstić information content (AvgIpc) is 2.30. The minimum absolute atomic E-state index is 0.114. The third-order valence-electron chi connectivity index (χ3n) is 3.21. The molecule has 0 bridgehead atoms. The van der Waals surface area contributed by atoms with Gasteiger partial charge in [0.2, 0.25) is 0 Å². The summed E-state index contributed by atoms with van der Waals surface area (Å²) in [4.78, 5) is 13.3. The molecule has 0 aliphatic carbocycles. The SMILES string of the molecule is CCCC1CC(C(=O)O)CCCN1C. The van der Waals surface area contributed by atoms with E-state index in [0.717, 1.165) is 38.6 Å². The predicted octanol–water partition coefficient (Wildman–Crippen LogP) is 1.97. The van der Waals surface area contributed by atoms with Crippen LogP contribution in [0.1, 0.15) is 39.0 Å². The van der Waals surface area contributed by atoms with Crippen LogP contribution in [0.15, 0.2) is 0 Å². The Morgan fingerprint density at radius 2 is 2.29 bits per heavy atom. The van der Waals surface area contributed by atoms with E-state index in [1.807, 2.05) is 0 Å². The second kappa shape index (κ2) is 5.35. The summed E-state index contributed by atoms with van der Waals surface area (Å²) in [5.74, 6) is -0.724. The summed E-state index contributed by atoms with van der Waals surface area (Å²) in [5, 5.41) is 9.02. The molecule has 0 saturated carbocycles. The molecule has 1 rings (SSSR count). The average molecular weight is 199 g/mol. The van der Waals surface area contributed by atoms with Crippen LogP contribution < -0.4 is 0 Å². The molecule has 0 aromatic carbocycles. The Hall–Kier alpha value is -0.570. The number of aliphatic carboxylic acids is 1. The van der Waals surface area contributed by atoms with Crippen molar-refractivity contribution in [2.45, 2.75) is 45.1 Å². The van der Waals surface area contributed by atoms with Gasteiger partial charge in [-0.25, -0.2) is 0 Å². The molecule has 3 nitrogen and oxygen atoms in total. The van der Waals surface area contributed by atoms with Crippen LogP contribution in [-0.4, -0.2) is 35.6 Å². The summed E-state index contributed by atoms with van der Waals surface area (Å²) >= 11 is 0. The Morgan fingerprint density at radius 3 is 2.86 bits per heavy atom. The summed E-state index contributed by atoms with van der Waals surface area (Å²) < 4.78 is 0. The van der Waals surface area contributed by atoms with Crippen LogP contribution in [0.5, 0.6) is 0 Å². The topological polar surface area (TPSA) is 40.5 Å². The van der Waals surface area contributed by atoms with Crippen molar-refractivity contribution < 1.29 is 9.90 Å². The molecule has 1 heterocycles. The van der Waals surface area contributed by atoms with Crippen molar-refractivity contribution in [3.8, 4) is 0 Å². The van der Waals surface area contributed by atoms with Crippen LogP contribution in [0.25, 0.3) is 0 Å². The van der Waals surface area contributed by atoms with Crippen molar-refractivity contribution in [2.75, 3.05) is 13.6 Å². The normalized spacial score (nSPS) is 29.9. The maximum absolute atomic E-state index is 10.9. The first-order valence-electron chi connectivity index (χ1n) is 5.58. The number of rotatable bonds is 3. The molecular formula is C11H21NO2. The van der Waals surface area contributed by atoms with E-state index >= 15 is 0 Å². The molecular weight excluding hydrogens is 178 g/mol. The van der Waals surface area contributed by atoms with Gasteiger partial charge in [-0.1, -0.05) is 13.3 Å². The molecule has 2 unspecified atom stereocenters. The third-order valence-corrected chi connectivity index (χ3v) is 3.21. The van der Waals surface area contributed by atoms with Crippen LogP contribution in [0.4, 0.5) is 0 Å². The van der Waals surface area contributed by atoms with Gasteiger partial charge in [0, 0.05) is 6.04 Å². The fourth-order valence-corrected chi connectivity index (χ4v) is 2.29. The van der Waals surface area contributed by atoms with Gasteiger partial charge in [-0.2, -0.15) is 0 Å². The van der Waals surface area contributed by atoms with Crippen LogP contribution in [0, 0.1) is 5.92 Å². The molecule has 0 amide bonds. The Labute approximate surface area is 86.1 Å². The number of carboxylic acid groups (broad SMARTS) is 1. The highest BCUT2D eigenvalue weighted by Gasteiger charge is 2.27. The molecule has 1 aliphatic heterocycles. The monoisotopic (exact) mass is 199 g/mol. The number of hydrogen-bond donors (Lipinski definition) is 1. The molecule has 1 N–H and O–H groups in total. The van der Waals surface area contributed by atoms with Crippen LogP contribution in [0.2, 0.25) is 0 Å². The molecule has 1 saturated heterocycles. The van der Waals surface area contributed by atoms with Crippen molar-refractivity contribution in [3.05, 3.63) is 0 Å². The Bertz CT molecular complexity index is 194. The Balaban J connectivity index is 2.57. The first-order chi connectivity index (χ1) is 6.65. The van der Waals surface area contributed by atoms with Gasteiger partial charge in [0.15, 0.2) is 0 Å². The van der Waals surface area contributed by atoms with E-state index in [4.69, 9.17) is 5.11 Å². The largest absolute Gasteiger partial charge is 0.481 e. The maximum atomic E-state index is 10.9. The van der Waals surface area contributed by atoms with E-state index in [-0.39, 0.29) is 5.92 Å². The summed E-state index contributed by atoms with van der Waals surface area (Å²) in [5.41, 5.74) is 0. The van der Waals surface area contributed by atoms with Gasteiger partial charge in [0.1, 0.15) is 0 Å². The molecule has 0 spiro atoms. The zero-order valence-electron chi connectivity index (χ0n) is 9.20. The zero-order chi connectivity index (χ0) is 10.6. The van der Waals surface area contributed by atoms with Gasteiger partial charge in [0.05, 0.1) is 5.92 Å². The molecule has 3 heteroatoms. The van der Waals surface area contributed by atoms with Crippen molar-refractivity contribution >= 4 is 5.97 Å². The van der Waals surface area contributed by atoms with E-state index in [0.29, 0.717) is 6.04 Å². The highest BCUT2D eigenvalue weighted by Crippen LogP contribution is 2.24. The second-order valence-corrected chi connectivity index (χ2v) is 4.34. The summed E-state index contributed by atoms with van der Waals surface area (Å²) in [6, 6.07) is 0.476. The van der Waals surface area contributed by atoms with E-state index in [1.54, 1.807) is 0 Å². The highest BCUT2D eigenvalue weighted by molar-refractivity contribution is 5.70. The molecule has 0 aromatic heterocycles. The van der Waals surface area contributed by atoms with Gasteiger partial charge >= 0.3 is 5.97 Å². The van der Waals surface area contributed by atoms with E-state index in [1.165, 1.54) is 0 Å². The van der Waals surface area contributed by atoms with Gasteiger partial charge in [0.25, 0.3) is 0 Å². The lowest BCUT2D eigenvalue weighted by molar-refractivity contribution is -0.142. The zero-order valence-corrected chi connectivity index (χ0v) is 9.20. The van der Waals surface area contributed by atoms with Gasteiger partial charge in [-0.05, 0) is 39.3 Å². The number of carbonyl (C=O) groups is 1. The van der Waals surface area contributed by atoms with Gasteiger partial charge in [-0.15, -0.1) is 0 Å². The fraction of sp³-hybridized carbons (Fsp3) is 0.909. The van der Waals surface area contributed by atoms with Crippen molar-refractivity contribution in [3.63, 3.8) is 0 Å². The lowest BCUT2D eigenvalue weighted by atomic mass is 9.95.